The number of nitrogens with zero attached hydrogens (tertiary/aromatic N) is 1. The average Bonchev–Trinajstić information content (AvgIpc) is 2.90. The van der Waals surface area contributed by atoms with Crippen molar-refractivity contribution in [2.75, 3.05) is 6.61 Å². The Hall–Kier alpha value is -1.85. The second kappa shape index (κ2) is 6.95. The Bertz CT molecular complexity index is 700. The molecule has 24 heavy (non-hydrogen) atoms. The highest BCUT2D eigenvalue weighted by molar-refractivity contribution is 9.10. The van der Waals surface area contributed by atoms with Gasteiger partial charge in [0.2, 0.25) is 0 Å². The number of carbonyl (C=O) groups is 1. The number of benzene rings is 2. The van der Waals surface area contributed by atoms with Crippen molar-refractivity contribution in [3.8, 4) is 0 Å². The van der Waals surface area contributed by atoms with E-state index in [0.29, 0.717) is 6.61 Å². The van der Waals surface area contributed by atoms with Crippen LogP contribution in [0.2, 0.25) is 0 Å². The second-order valence-corrected chi connectivity index (χ2v) is 7.15. The van der Waals surface area contributed by atoms with Gasteiger partial charge in [-0.2, -0.15) is 0 Å². The molecule has 3 rings (SSSR count). The average molecular weight is 390 g/mol. The van der Waals surface area contributed by atoms with Crippen LogP contribution in [0.1, 0.15) is 31.0 Å². The Morgan fingerprint density at radius 1 is 1.21 bits per heavy atom. The largest absolute Gasteiger partial charge is 0.444 e. The summed E-state index contributed by atoms with van der Waals surface area (Å²) in [6, 6.07) is 17.4. The predicted molar refractivity (Wildman–Crippen MR) is 95.4 cm³/mol. The normalized spacial score (nSPS) is 19.3. The summed E-state index contributed by atoms with van der Waals surface area (Å²) in [7, 11) is 0. The van der Waals surface area contributed by atoms with Gasteiger partial charge in [0.25, 0.3) is 0 Å². The molecule has 1 heterocycles. The van der Waals surface area contributed by atoms with Gasteiger partial charge in [0.05, 0.1) is 12.6 Å². The van der Waals surface area contributed by atoms with E-state index in [0.717, 1.165) is 15.6 Å². The van der Waals surface area contributed by atoms with Crippen LogP contribution in [-0.2, 0) is 16.1 Å². The lowest BCUT2D eigenvalue weighted by Crippen LogP contribution is -2.45. The van der Waals surface area contributed by atoms with Crippen LogP contribution in [0.15, 0.2) is 59.1 Å². The second-order valence-electron chi connectivity index (χ2n) is 6.24. The van der Waals surface area contributed by atoms with Crippen molar-refractivity contribution in [3.63, 3.8) is 0 Å². The molecule has 1 fully saturated rings. The molecule has 4 nitrogen and oxygen atoms in total. The molecule has 2 aromatic carbocycles. The maximum atomic E-state index is 12.7. The van der Waals surface area contributed by atoms with Gasteiger partial charge in [-0.15, -0.1) is 0 Å². The molecule has 0 aliphatic carbocycles. The van der Waals surface area contributed by atoms with Gasteiger partial charge in [0.1, 0.15) is 12.3 Å². The molecule has 2 aromatic rings. The molecule has 5 heteroatoms. The highest BCUT2D eigenvalue weighted by Gasteiger charge is 2.45. The molecular weight excluding hydrogens is 370 g/mol. The highest BCUT2D eigenvalue weighted by Crippen LogP contribution is 2.37. The summed E-state index contributed by atoms with van der Waals surface area (Å²) < 4.78 is 12.4. The molecule has 126 valence electrons. The highest BCUT2D eigenvalue weighted by atomic mass is 79.9. The number of ether oxygens (including phenoxy) is 2. The van der Waals surface area contributed by atoms with Crippen molar-refractivity contribution in [1.82, 2.24) is 4.90 Å². The first-order valence-electron chi connectivity index (χ1n) is 7.87. The minimum Gasteiger partial charge on any atom is -0.444 e. The fourth-order valence-corrected chi connectivity index (χ4v) is 3.13. The van der Waals surface area contributed by atoms with Gasteiger partial charge in [-0.1, -0.05) is 58.4 Å². The quantitative estimate of drug-likeness (QED) is 0.749. The summed E-state index contributed by atoms with van der Waals surface area (Å²) in [5.74, 6) is 0. The predicted octanol–water partition coefficient (Wildman–Crippen LogP) is 4.90. The summed E-state index contributed by atoms with van der Waals surface area (Å²) in [6.45, 7) is 4.47. The van der Waals surface area contributed by atoms with Crippen LogP contribution < -0.4 is 0 Å². The first-order chi connectivity index (χ1) is 11.5. The van der Waals surface area contributed by atoms with Crippen molar-refractivity contribution in [3.05, 3.63) is 70.2 Å². The Morgan fingerprint density at radius 3 is 2.54 bits per heavy atom. The zero-order valence-corrected chi connectivity index (χ0v) is 15.3. The minimum absolute atomic E-state index is 0.156. The third-order valence-corrected chi connectivity index (χ3v) is 4.67. The van der Waals surface area contributed by atoms with Gasteiger partial charge in [-0.25, -0.2) is 4.79 Å². The zero-order valence-electron chi connectivity index (χ0n) is 13.7. The summed E-state index contributed by atoms with van der Waals surface area (Å²) >= 11 is 3.43. The number of hydrogen-bond acceptors (Lipinski definition) is 3. The number of halogens is 1. The van der Waals surface area contributed by atoms with Crippen molar-refractivity contribution in [2.24, 2.45) is 0 Å². The molecule has 0 N–H and O–H groups in total. The lowest BCUT2D eigenvalue weighted by Gasteiger charge is -2.32. The first-order valence-corrected chi connectivity index (χ1v) is 8.66. The number of hydrogen-bond donors (Lipinski definition) is 0. The van der Waals surface area contributed by atoms with Crippen LogP contribution in [0.25, 0.3) is 0 Å². The van der Waals surface area contributed by atoms with Gasteiger partial charge in [0, 0.05) is 4.47 Å². The molecule has 1 atom stereocenters. The van der Waals surface area contributed by atoms with E-state index in [4.69, 9.17) is 9.47 Å². The molecule has 1 aliphatic rings. The maximum Gasteiger partial charge on any atom is 0.412 e. The third-order valence-electron chi connectivity index (χ3n) is 4.14. The molecule has 1 saturated heterocycles. The van der Waals surface area contributed by atoms with Gasteiger partial charge in [0.15, 0.2) is 0 Å². The SMILES string of the molecule is CC1(C)OC[C@H](c2ccc(Br)cc2)N1C(=O)OCc1ccccc1. The smallest absolute Gasteiger partial charge is 0.412 e. The number of amides is 1. The van der Waals surface area contributed by atoms with Crippen molar-refractivity contribution < 1.29 is 14.3 Å². The summed E-state index contributed by atoms with van der Waals surface area (Å²) in [5, 5.41) is 0. The van der Waals surface area contributed by atoms with Crippen LogP contribution in [0.3, 0.4) is 0 Å². The van der Waals surface area contributed by atoms with E-state index in [1.54, 1.807) is 4.90 Å². The van der Waals surface area contributed by atoms with Crippen LogP contribution in [-0.4, -0.2) is 23.3 Å². The molecule has 0 spiro atoms. The first kappa shape index (κ1) is 17.0. The lowest BCUT2D eigenvalue weighted by molar-refractivity contribution is -0.0493. The van der Waals surface area contributed by atoms with Crippen LogP contribution in [0.4, 0.5) is 4.79 Å². The van der Waals surface area contributed by atoms with E-state index in [2.05, 4.69) is 15.9 Å². The van der Waals surface area contributed by atoms with E-state index in [1.807, 2.05) is 68.4 Å². The molecule has 0 saturated carbocycles. The molecule has 0 radical (unpaired) electrons. The summed E-state index contributed by atoms with van der Waals surface area (Å²) in [5.41, 5.74) is 1.29. The van der Waals surface area contributed by atoms with E-state index in [-0.39, 0.29) is 18.7 Å². The van der Waals surface area contributed by atoms with E-state index in [1.165, 1.54) is 0 Å². The van der Waals surface area contributed by atoms with Crippen molar-refractivity contribution in [2.45, 2.75) is 32.2 Å². The fourth-order valence-electron chi connectivity index (χ4n) is 2.87. The molecule has 0 aromatic heterocycles. The minimum atomic E-state index is -0.703. The maximum absolute atomic E-state index is 12.7. The van der Waals surface area contributed by atoms with E-state index < -0.39 is 5.72 Å². The van der Waals surface area contributed by atoms with Crippen molar-refractivity contribution in [1.29, 1.82) is 0 Å². The Labute approximate surface area is 150 Å². The van der Waals surface area contributed by atoms with Crippen LogP contribution >= 0.6 is 15.9 Å². The van der Waals surface area contributed by atoms with Gasteiger partial charge in [-0.3, -0.25) is 4.90 Å². The molecule has 0 unspecified atom stereocenters. The van der Waals surface area contributed by atoms with E-state index >= 15 is 0 Å². The molecule has 1 amide bonds. The molecular formula is C19H20BrNO3. The van der Waals surface area contributed by atoms with Crippen molar-refractivity contribution >= 4 is 22.0 Å². The van der Waals surface area contributed by atoms with Crippen LogP contribution in [0.5, 0.6) is 0 Å². The van der Waals surface area contributed by atoms with Crippen LogP contribution in [0, 0.1) is 0 Å². The van der Waals surface area contributed by atoms with E-state index in [9.17, 15) is 4.79 Å². The Morgan fingerprint density at radius 2 is 1.88 bits per heavy atom. The van der Waals surface area contributed by atoms with Gasteiger partial charge in [-0.05, 0) is 37.1 Å². The Balaban J connectivity index is 1.76. The third kappa shape index (κ3) is 3.62. The Kier molecular flexibility index (Phi) is 4.92. The fraction of sp³-hybridized carbons (Fsp3) is 0.316. The number of carbonyl (C=O) groups excluding carboxylic acids is 1. The standard InChI is InChI=1S/C19H20BrNO3/c1-19(2)21(18(22)23-12-14-6-4-3-5-7-14)17(13-24-19)15-8-10-16(20)11-9-15/h3-11,17H,12-13H2,1-2H3/t17-/m1/s1. The number of rotatable bonds is 3. The molecule has 0 bridgehead atoms. The monoisotopic (exact) mass is 389 g/mol. The zero-order chi connectivity index (χ0) is 17.2. The summed E-state index contributed by atoms with van der Waals surface area (Å²) in [4.78, 5) is 14.4. The topological polar surface area (TPSA) is 38.8 Å². The molecule has 1 aliphatic heterocycles. The van der Waals surface area contributed by atoms with Gasteiger partial charge < -0.3 is 9.47 Å². The summed E-state index contributed by atoms with van der Waals surface area (Å²) in [6.07, 6.45) is -0.366. The lowest BCUT2D eigenvalue weighted by atomic mass is 10.1. The van der Waals surface area contributed by atoms with Gasteiger partial charge >= 0.3 is 6.09 Å².